The molecule has 0 amide bonds. The van der Waals surface area contributed by atoms with E-state index in [1.165, 1.54) is 0 Å². The van der Waals surface area contributed by atoms with Crippen molar-refractivity contribution in [2.24, 2.45) is 0 Å². The predicted octanol–water partition coefficient (Wildman–Crippen LogP) is 8.95. The van der Waals surface area contributed by atoms with Crippen molar-refractivity contribution in [2.75, 3.05) is 13.2 Å². The molecule has 0 unspecified atom stereocenters. The van der Waals surface area contributed by atoms with Gasteiger partial charge >= 0.3 is 0 Å². The number of phenolic OH excluding ortho intramolecular Hbond substituents is 2. The van der Waals surface area contributed by atoms with Crippen LogP contribution in [0.2, 0.25) is 0 Å². The first-order valence-electron chi connectivity index (χ1n) is 11.6. The minimum Gasteiger partial charge on any atom is -0.507 e. The van der Waals surface area contributed by atoms with Gasteiger partial charge in [0.1, 0.15) is 23.0 Å². The van der Waals surface area contributed by atoms with Crippen molar-refractivity contribution >= 4 is 53.4 Å². The molecule has 4 nitrogen and oxygen atoms in total. The second kappa shape index (κ2) is 10.9. The third-order valence-corrected chi connectivity index (χ3v) is 7.10. The number of hydrogen-bond acceptors (Lipinski definition) is 4. The summed E-state index contributed by atoms with van der Waals surface area (Å²) in [6, 6.07) is 14.9. The first-order chi connectivity index (χ1) is 16.4. The van der Waals surface area contributed by atoms with Gasteiger partial charge in [0.2, 0.25) is 0 Å². The number of halogens is 2. The normalized spacial score (nSPS) is 11.3. The number of benzene rings is 4. The lowest BCUT2D eigenvalue weighted by atomic mass is 9.92. The molecule has 0 aliphatic heterocycles. The first-order valence-corrected chi connectivity index (χ1v) is 13.2. The van der Waals surface area contributed by atoms with Gasteiger partial charge in [-0.05, 0) is 103 Å². The summed E-state index contributed by atoms with van der Waals surface area (Å²) in [4.78, 5) is 0. The smallest absolute Gasteiger partial charge is 0.134 e. The molecular formula is C28H28Br2O4. The Bertz CT molecular complexity index is 1230. The van der Waals surface area contributed by atoms with Crippen LogP contribution >= 0.6 is 31.9 Å². The standard InChI is InChI=1S/C28H28Br2O4/c1-3-5-11-33-25-15-19-17(13-21(25)29)7-9-23(31)27(19)28-20-16-26(34-12-6-4-2)22(30)14-18(20)8-10-24(28)32/h7-10,13-16,31-32H,3-6,11-12H2,1-2H3. The lowest BCUT2D eigenvalue weighted by Crippen LogP contribution is -1.98. The van der Waals surface area contributed by atoms with E-state index >= 15 is 0 Å². The van der Waals surface area contributed by atoms with Crippen LogP contribution in [0.5, 0.6) is 23.0 Å². The summed E-state index contributed by atoms with van der Waals surface area (Å²) in [6.07, 6.45) is 3.99. The summed E-state index contributed by atoms with van der Waals surface area (Å²) in [5.74, 6) is 1.60. The second-order valence-electron chi connectivity index (χ2n) is 8.33. The zero-order chi connectivity index (χ0) is 24.2. The van der Waals surface area contributed by atoms with Crippen molar-refractivity contribution in [3.05, 3.63) is 57.5 Å². The predicted molar refractivity (Wildman–Crippen MR) is 146 cm³/mol. The monoisotopic (exact) mass is 586 g/mol. The van der Waals surface area contributed by atoms with Crippen LogP contribution in [-0.4, -0.2) is 23.4 Å². The van der Waals surface area contributed by atoms with Gasteiger partial charge in [-0.2, -0.15) is 0 Å². The number of rotatable bonds is 9. The summed E-state index contributed by atoms with van der Waals surface area (Å²) in [5, 5.41) is 25.5. The molecule has 4 aromatic carbocycles. The van der Waals surface area contributed by atoms with Crippen molar-refractivity contribution in [2.45, 2.75) is 39.5 Å². The molecule has 6 heteroatoms. The lowest BCUT2D eigenvalue weighted by Gasteiger charge is -2.17. The van der Waals surface area contributed by atoms with Crippen LogP contribution in [0.3, 0.4) is 0 Å². The zero-order valence-electron chi connectivity index (χ0n) is 19.3. The highest BCUT2D eigenvalue weighted by Crippen LogP contribution is 2.47. The van der Waals surface area contributed by atoms with Crippen molar-refractivity contribution in [3.8, 4) is 34.1 Å². The van der Waals surface area contributed by atoms with Crippen molar-refractivity contribution in [1.29, 1.82) is 0 Å². The lowest BCUT2D eigenvalue weighted by molar-refractivity contribution is 0.308. The van der Waals surface area contributed by atoms with Crippen LogP contribution in [-0.2, 0) is 0 Å². The Morgan fingerprint density at radius 3 is 1.44 bits per heavy atom. The molecule has 0 aromatic heterocycles. The maximum Gasteiger partial charge on any atom is 0.134 e. The molecule has 178 valence electrons. The molecule has 0 saturated carbocycles. The molecule has 0 bridgehead atoms. The quantitative estimate of drug-likeness (QED) is 0.192. The Morgan fingerprint density at radius 2 is 1.06 bits per heavy atom. The fourth-order valence-electron chi connectivity index (χ4n) is 4.03. The van der Waals surface area contributed by atoms with Gasteiger partial charge in [-0.3, -0.25) is 0 Å². The second-order valence-corrected chi connectivity index (χ2v) is 10.0. The van der Waals surface area contributed by atoms with E-state index in [2.05, 4.69) is 45.7 Å². The SMILES string of the molecule is CCCCOc1cc2c(-c3c(O)ccc4cc(Br)c(OCCCC)cc34)c(O)ccc2cc1Br. The molecule has 0 aliphatic carbocycles. The van der Waals surface area contributed by atoms with Gasteiger partial charge < -0.3 is 19.7 Å². The van der Waals surface area contributed by atoms with E-state index < -0.39 is 0 Å². The minimum absolute atomic E-state index is 0.0912. The van der Waals surface area contributed by atoms with E-state index in [4.69, 9.17) is 9.47 Å². The summed E-state index contributed by atoms with van der Waals surface area (Å²) in [6.45, 7) is 5.47. The number of phenols is 2. The fourth-order valence-corrected chi connectivity index (χ4v) is 4.98. The van der Waals surface area contributed by atoms with Crippen LogP contribution < -0.4 is 9.47 Å². The van der Waals surface area contributed by atoms with Gasteiger partial charge in [0.05, 0.1) is 22.2 Å². The fraction of sp³-hybridized carbons (Fsp3) is 0.286. The number of aromatic hydroxyl groups is 2. The largest absolute Gasteiger partial charge is 0.507 e. The van der Waals surface area contributed by atoms with Crippen LogP contribution in [0.15, 0.2) is 57.5 Å². The van der Waals surface area contributed by atoms with E-state index in [-0.39, 0.29) is 11.5 Å². The Morgan fingerprint density at radius 1 is 0.647 bits per heavy atom. The van der Waals surface area contributed by atoms with Crippen molar-refractivity contribution < 1.29 is 19.7 Å². The summed E-state index contributed by atoms with van der Waals surface area (Å²) in [5.41, 5.74) is 1.13. The summed E-state index contributed by atoms with van der Waals surface area (Å²) >= 11 is 7.22. The molecule has 0 heterocycles. The Kier molecular flexibility index (Phi) is 7.89. The van der Waals surface area contributed by atoms with Gasteiger partial charge in [-0.1, -0.05) is 38.8 Å². The molecule has 0 fully saturated rings. The molecular weight excluding hydrogens is 560 g/mol. The van der Waals surface area contributed by atoms with E-state index in [0.29, 0.717) is 35.8 Å². The molecule has 4 rings (SSSR count). The number of ether oxygens (including phenoxy) is 2. The van der Waals surface area contributed by atoms with Gasteiger partial charge in [0.25, 0.3) is 0 Å². The van der Waals surface area contributed by atoms with Crippen LogP contribution in [0, 0.1) is 0 Å². The highest BCUT2D eigenvalue weighted by atomic mass is 79.9. The molecule has 0 aliphatic rings. The third-order valence-electron chi connectivity index (χ3n) is 5.86. The Balaban J connectivity index is 1.95. The summed E-state index contributed by atoms with van der Waals surface area (Å²) in [7, 11) is 0. The van der Waals surface area contributed by atoms with E-state index in [0.717, 1.165) is 56.2 Å². The minimum atomic E-state index is 0.0912. The number of hydrogen-bond donors (Lipinski definition) is 2. The van der Waals surface area contributed by atoms with Crippen molar-refractivity contribution in [3.63, 3.8) is 0 Å². The van der Waals surface area contributed by atoms with Gasteiger partial charge in [0, 0.05) is 11.1 Å². The molecule has 2 N–H and O–H groups in total. The van der Waals surface area contributed by atoms with Crippen molar-refractivity contribution in [1.82, 2.24) is 0 Å². The average Bonchev–Trinajstić information content (AvgIpc) is 2.81. The van der Waals surface area contributed by atoms with E-state index in [9.17, 15) is 10.2 Å². The maximum atomic E-state index is 11.0. The average molecular weight is 588 g/mol. The Hall–Kier alpha value is -2.44. The molecule has 0 spiro atoms. The molecule has 0 atom stereocenters. The highest BCUT2D eigenvalue weighted by molar-refractivity contribution is 9.11. The molecule has 34 heavy (non-hydrogen) atoms. The van der Waals surface area contributed by atoms with E-state index in [1.54, 1.807) is 12.1 Å². The van der Waals surface area contributed by atoms with E-state index in [1.807, 2.05) is 36.4 Å². The molecule has 0 radical (unpaired) electrons. The van der Waals surface area contributed by atoms with Crippen LogP contribution in [0.25, 0.3) is 32.7 Å². The number of unbranched alkanes of at least 4 members (excludes halogenated alkanes) is 2. The van der Waals surface area contributed by atoms with Crippen LogP contribution in [0.1, 0.15) is 39.5 Å². The summed E-state index contributed by atoms with van der Waals surface area (Å²) < 4.78 is 13.7. The molecule has 0 saturated heterocycles. The van der Waals surface area contributed by atoms with Gasteiger partial charge in [0.15, 0.2) is 0 Å². The zero-order valence-corrected chi connectivity index (χ0v) is 22.5. The third kappa shape index (κ3) is 4.98. The highest BCUT2D eigenvalue weighted by Gasteiger charge is 2.19. The van der Waals surface area contributed by atoms with Crippen LogP contribution in [0.4, 0.5) is 0 Å². The number of fused-ring (bicyclic) bond motifs is 2. The van der Waals surface area contributed by atoms with Gasteiger partial charge in [-0.25, -0.2) is 0 Å². The molecule has 4 aromatic rings. The van der Waals surface area contributed by atoms with Gasteiger partial charge in [-0.15, -0.1) is 0 Å². The Labute approximate surface area is 216 Å². The topological polar surface area (TPSA) is 58.9 Å². The first kappa shape index (κ1) is 24.7. The maximum absolute atomic E-state index is 11.0.